The Morgan fingerprint density at radius 2 is 1.52 bits per heavy atom. The second-order valence-electron chi connectivity index (χ2n) is 7.96. The molecule has 1 aromatic carbocycles. The number of carbonyl (C=O) groups excluding carboxylic acids is 1. The van der Waals surface area contributed by atoms with Gasteiger partial charge in [-0.25, -0.2) is 0 Å². The first kappa shape index (κ1) is 20.2. The lowest BCUT2D eigenvalue weighted by Gasteiger charge is -2.34. The summed E-state index contributed by atoms with van der Waals surface area (Å²) in [6.07, 6.45) is 10.9. The molecule has 3 rings (SSSR count). The van der Waals surface area contributed by atoms with E-state index in [4.69, 9.17) is 0 Å². The monoisotopic (exact) mass is 373 g/mol. The van der Waals surface area contributed by atoms with Gasteiger partial charge in [-0.3, -0.25) is 4.79 Å². The first-order valence-corrected chi connectivity index (χ1v) is 10.5. The molecular formula is C22H33N2O3. The van der Waals surface area contributed by atoms with E-state index in [0.717, 1.165) is 89.8 Å². The molecule has 0 unspecified atom stereocenters. The molecule has 5 heteroatoms. The minimum absolute atomic E-state index is 0.0500. The lowest BCUT2D eigenvalue weighted by molar-refractivity contribution is 0.130. The van der Waals surface area contributed by atoms with Gasteiger partial charge in [0, 0.05) is 38.2 Å². The number of aryl methyl sites for hydroxylation is 1. The summed E-state index contributed by atoms with van der Waals surface area (Å²) in [7, 11) is 0. The van der Waals surface area contributed by atoms with Crippen molar-refractivity contribution in [3.05, 3.63) is 22.8 Å². The van der Waals surface area contributed by atoms with Crippen LogP contribution in [-0.4, -0.2) is 65.6 Å². The van der Waals surface area contributed by atoms with Gasteiger partial charge < -0.3 is 20.0 Å². The second kappa shape index (κ2) is 10.1. The number of unbranched alkanes of at least 4 members (excludes halogenated alkanes) is 2. The quantitative estimate of drug-likeness (QED) is 0.515. The van der Waals surface area contributed by atoms with Crippen LogP contribution in [0.3, 0.4) is 0 Å². The van der Waals surface area contributed by atoms with Gasteiger partial charge in [0.15, 0.2) is 17.8 Å². The number of phenols is 2. The molecule has 27 heavy (non-hydrogen) atoms. The highest BCUT2D eigenvalue weighted by Gasteiger charge is 2.20. The summed E-state index contributed by atoms with van der Waals surface area (Å²) in [5, 5.41) is 20.2. The van der Waals surface area contributed by atoms with E-state index in [2.05, 4.69) is 9.80 Å². The zero-order chi connectivity index (χ0) is 19.1. The summed E-state index contributed by atoms with van der Waals surface area (Å²) >= 11 is 0. The zero-order valence-corrected chi connectivity index (χ0v) is 16.4. The standard InChI is InChI=1S/C22H33N2O3/c25-16-6-5-11-24-14-12-23(13-15-24)10-4-3-7-18-17-21(26)22(27)20-9-2-1-8-19(18)20/h17,26-27H,1-15H2. The minimum atomic E-state index is 0.0500. The maximum atomic E-state index is 10.3. The molecule has 1 aliphatic carbocycles. The molecule has 0 spiro atoms. The molecule has 0 aromatic heterocycles. The highest BCUT2D eigenvalue weighted by atomic mass is 16.3. The second-order valence-corrected chi connectivity index (χ2v) is 7.96. The fourth-order valence-electron chi connectivity index (χ4n) is 4.48. The van der Waals surface area contributed by atoms with E-state index >= 15 is 0 Å². The summed E-state index contributed by atoms with van der Waals surface area (Å²) in [6.45, 7) is 6.55. The van der Waals surface area contributed by atoms with Crippen molar-refractivity contribution in [1.82, 2.24) is 9.80 Å². The van der Waals surface area contributed by atoms with Crippen LogP contribution in [-0.2, 0) is 24.1 Å². The number of phenolic OH excluding ortho intramolecular Hbond substituents is 2. The van der Waals surface area contributed by atoms with Gasteiger partial charge >= 0.3 is 0 Å². The van der Waals surface area contributed by atoms with Crippen LogP contribution in [0.5, 0.6) is 11.5 Å². The molecule has 2 aliphatic rings. The molecule has 149 valence electrons. The van der Waals surface area contributed by atoms with E-state index in [9.17, 15) is 15.0 Å². The van der Waals surface area contributed by atoms with Crippen molar-refractivity contribution in [1.29, 1.82) is 0 Å². The summed E-state index contributed by atoms with van der Waals surface area (Å²) in [5.41, 5.74) is 3.51. The number of hydrogen-bond acceptors (Lipinski definition) is 5. The normalized spacial score (nSPS) is 18.4. The topological polar surface area (TPSA) is 64.0 Å². The van der Waals surface area contributed by atoms with Gasteiger partial charge in [-0.2, -0.15) is 0 Å². The van der Waals surface area contributed by atoms with Crippen LogP contribution in [0.15, 0.2) is 6.07 Å². The summed E-state index contributed by atoms with van der Waals surface area (Å²) in [5.74, 6) is 0.159. The fraction of sp³-hybridized carbons (Fsp3) is 0.682. The molecule has 1 aromatic rings. The molecule has 0 amide bonds. The lowest BCUT2D eigenvalue weighted by atomic mass is 9.85. The average molecular weight is 374 g/mol. The van der Waals surface area contributed by atoms with Crippen LogP contribution in [0.1, 0.15) is 55.2 Å². The van der Waals surface area contributed by atoms with Crippen LogP contribution in [0.2, 0.25) is 0 Å². The van der Waals surface area contributed by atoms with Crippen LogP contribution >= 0.6 is 0 Å². The van der Waals surface area contributed by atoms with Crippen LogP contribution in [0.4, 0.5) is 0 Å². The molecule has 2 N–H and O–H groups in total. The van der Waals surface area contributed by atoms with Crippen LogP contribution in [0.25, 0.3) is 0 Å². The first-order chi connectivity index (χ1) is 13.2. The Hall–Kier alpha value is -1.59. The Morgan fingerprint density at radius 3 is 2.19 bits per heavy atom. The van der Waals surface area contributed by atoms with Crippen molar-refractivity contribution >= 4 is 6.29 Å². The molecule has 0 bridgehead atoms. The highest BCUT2D eigenvalue weighted by Crippen LogP contribution is 2.38. The number of aromatic hydroxyl groups is 2. The van der Waals surface area contributed by atoms with Gasteiger partial charge in [0.2, 0.25) is 0 Å². The van der Waals surface area contributed by atoms with E-state index in [-0.39, 0.29) is 11.5 Å². The number of fused-ring (bicyclic) bond motifs is 1. The Bertz CT molecular complexity index is 624. The van der Waals surface area contributed by atoms with E-state index in [1.54, 1.807) is 6.07 Å². The van der Waals surface area contributed by atoms with Gasteiger partial charge in [-0.05, 0) is 81.6 Å². The zero-order valence-electron chi connectivity index (χ0n) is 16.4. The van der Waals surface area contributed by atoms with E-state index in [1.165, 1.54) is 17.5 Å². The Kier molecular flexibility index (Phi) is 7.53. The Morgan fingerprint density at radius 1 is 0.889 bits per heavy atom. The van der Waals surface area contributed by atoms with Gasteiger partial charge in [-0.1, -0.05) is 0 Å². The highest BCUT2D eigenvalue weighted by molar-refractivity contribution is 5.54. The SMILES string of the molecule is O=[C]CCCN1CCN(CCCCc2cc(O)c(O)c3c2CCCC3)CC1. The van der Waals surface area contributed by atoms with Gasteiger partial charge in [0.05, 0.1) is 0 Å². The number of nitrogens with zero attached hydrogens (tertiary/aromatic N) is 2. The summed E-state index contributed by atoms with van der Waals surface area (Å²) < 4.78 is 0. The Labute approximate surface area is 163 Å². The number of benzene rings is 1. The van der Waals surface area contributed by atoms with Crippen molar-refractivity contribution in [2.24, 2.45) is 0 Å². The smallest absolute Gasteiger partial charge is 0.198 e. The largest absolute Gasteiger partial charge is 0.504 e. The molecule has 0 atom stereocenters. The first-order valence-electron chi connectivity index (χ1n) is 10.5. The number of hydrogen-bond donors (Lipinski definition) is 2. The van der Waals surface area contributed by atoms with Crippen molar-refractivity contribution in [3.63, 3.8) is 0 Å². The maximum Gasteiger partial charge on any atom is 0.198 e. The average Bonchev–Trinajstić information content (AvgIpc) is 2.70. The van der Waals surface area contributed by atoms with Crippen molar-refractivity contribution in [3.8, 4) is 11.5 Å². The fourth-order valence-corrected chi connectivity index (χ4v) is 4.48. The van der Waals surface area contributed by atoms with E-state index in [1.807, 2.05) is 6.29 Å². The van der Waals surface area contributed by atoms with Crippen molar-refractivity contribution in [2.75, 3.05) is 39.3 Å². The van der Waals surface area contributed by atoms with Crippen molar-refractivity contribution in [2.45, 2.75) is 57.8 Å². The number of piperazine rings is 1. The van der Waals surface area contributed by atoms with Gasteiger partial charge in [-0.15, -0.1) is 0 Å². The third-order valence-corrected chi connectivity index (χ3v) is 6.08. The molecule has 0 saturated carbocycles. The summed E-state index contributed by atoms with van der Waals surface area (Å²) in [6, 6.07) is 1.79. The number of rotatable bonds is 9. The van der Waals surface area contributed by atoms with Gasteiger partial charge in [0.1, 0.15) is 0 Å². The molecule has 1 aliphatic heterocycles. The molecule has 1 fully saturated rings. The third-order valence-electron chi connectivity index (χ3n) is 6.08. The van der Waals surface area contributed by atoms with E-state index in [0.29, 0.717) is 6.42 Å². The Balaban J connectivity index is 1.40. The molecule has 1 saturated heterocycles. The van der Waals surface area contributed by atoms with Crippen LogP contribution in [0, 0.1) is 0 Å². The third kappa shape index (κ3) is 5.45. The molecule has 1 heterocycles. The molecular weight excluding hydrogens is 340 g/mol. The van der Waals surface area contributed by atoms with Gasteiger partial charge in [0.25, 0.3) is 0 Å². The van der Waals surface area contributed by atoms with Crippen molar-refractivity contribution < 1.29 is 15.0 Å². The predicted octanol–water partition coefficient (Wildman–Crippen LogP) is 2.81. The predicted molar refractivity (Wildman–Crippen MR) is 107 cm³/mol. The minimum Gasteiger partial charge on any atom is -0.504 e. The molecule has 1 radical (unpaired) electrons. The lowest BCUT2D eigenvalue weighted by Crippen LogP contribution is -2.46. The summed E-state index contributed by atoms with van der Waals surface area (Å²) in [4.78, 5) is 15.3. The maximum absolute atomic E-state index is 10.3. The molecule has 5 nitrogen and oxygen atoms in total. The van der Waals surface area contributed by atoms with E-state index < -0.39 is 0 Å². The van der Waals surface area contributed by atoms with Crippen LogP contribution < -0.4 is 0 Å².